The molecule has 0 fully saturated rings. The van der Waals surface area contributed by atoms with E-state index >= 15 is 0 Å². The predicted octanol–water partition coefficient (Wildman–Crippen LogP) is 3.86. The van der Waals surface area contributed by atoms with E-state index in [1.54, 1.807) is 43.3 Å². The number of aldehydes is 1. The molecule has 2 atom stereocenters. The van der Waals surface area contributed by atoms with Gasteiger partial charge in [0.1, 0.15) is 6.29 Å². The van der Waals surface area contributed by atoms with Gasteiger partial charge in [0, 0.05) is 67.6 Å². The minimum absolute atomic E-state index is 0.222. The summed E-state index contributed by atoms with van der Waals surface area (Å²) >= 11 is 6.21. The van der Waals surface area contributed by atoms with Crippen LogP contribution in [0.15, 0.2) is 60.8 Å². The number of hydrogen-bond donors (Lipinski definition) is 2. The Morgan fingerprint density at radius 1 is 1.18 bits per heavy atom. The number of hydrogen-bond acceptors (Lipinski definition) is 7. The first-order chi connectivity index (χ1) is 19.2. The smallest absolute Gasteiger partial charge is 0.257 e. The number of methoxy groups -OCH3 is 1. The number of fused-ring (bicyclic) bond motifs is 1. The third-order valence-electron chi connectivity index (χ3n) is 7.46. The average Bonchev–Trinajstić information content (AvgIpc) is 3.19. The van der Waals surface area contributed by atoms with Crippen molar-refractivity contribution in [1.29, 1.82) is 0 Å². The number of halogens is 1. The van der Waals surface area contributed by atoms with Crippen molar-refractivity contribution in [3.8, 4) is 0 Å². The van der Waals surface area contributed by atoms with Gasteiger partial charge >= 0.3 is 0 Å². The molecule has 0 saturated carbocycles. The maximum atomic E-state index is 14.1. The number of likely N-dealkylation sites (N-methyl/N-ethyl adjacent to an activating group) is 1. The van der Waals surface area contributed by atoms with Crippen molar-refractivity contribution < 1.29 is 19.4 Å². The van der Waals surface area contributed by atoms with Crippen LogP contribution in [0.25, 0.3) is 0 Å². The van der Waals surface area contributed by atoms with Crippen molar-refractivity contribution in [1.82, 2.24) is 20.1 Å². The van der Waals surface area contributed by atoms with Crippen LogP contribution in [0.4, 0.5) is 0 Å². The number of amides is 1. The Morgan fingerprint density at radius 3 is 2.55 bits per heavy atom. The molecular formula is C31H37ClN4O4. The van der Waals surface area contributed by atoms with Crippen LogP contribution >= 0.6 is 11.6 Å². The number of benzene rings is 2. The number of carbonyl (C=O) groups excluding carboxylic acids is 2. The van der Waals surface area contributed by atoms with E-state index in [0.717, 1.165) is 29.7 Å². The molecule has 0 saturated heterocycles. The first-order valence-electron chi connectivity index (χ1n) is 13.4. The van der Waals surface area contributed by atoms with Crippen molar-refractivity contribution in [2.75, 3.05) is 40.3 Å². The number of aromatic nitrogens is 1. The number of nitrogens with one attached hydrogen (secondary N) is 1. The van der Waals surface area contributed by atoms with Crippen LogP contribution in [0.1, 0.15) is 51.7 Å². The predicted molar refractivity (Wildman–Crippen MR) is 155 cm³/mol. The van der Waals surface area contributed by atoms with E-state index in [9.17, 15) is 14.7 Å². The molecule has 4 rings (SSSR count). The van der Waals surface area contributed by atoms with E-state index in [2.05, 4.69) is 10.3 Å². The highest BCUT2D eigenvalue weighted by molar-refractivity contribution is 6.30. The van der Waals surface area contributed by atoms with Gasteiger partial charge in [-0.25, -0.2) is 0 Å². The Bertz CT molecular complexity index is 1330. The Hall–Kier alpha value is -3.14. The van der Waals surface area contributed by atoms with Crippen LogP contribution < -0.4 is 5.32 Å². The van der Waals surface area contributed by atoms with E-state index < -0.39 is 11.3 Å². The number of aryl methyl sites for hydroxylation is 1. The lowest BCUT2D eigenvalue weighted by molar-refractivity contribution is -0.108. The SMILES string of the molecule is CNCCN(CCC=O)CC(C)(O)c1ccc2c(c1)C(=O)N(Cc1ccc(C)cn1)[C@@]2(OC)c1ccc(Cl)cc1. The molecule has 2 aromatic carbocycles. The second-order valence-electron chi connectivity index (χ2n) is 10.4. The maximum absolute atomic E-state index is 14.1. The zero-order valence-corrected chi connectivity index (χ0v) is 24.2. The standard InChI is InChI=1S/C31H37ClN4O4/c1-22-6-12-26(34-19-22)20-36-29(38)27-18-24(30(2,39)21-35(15-5-17-37)16-14-33-3)9-13-28(27)31(36,40-4)23-7-10-25(32)11-8-23/h6-13,17-19,33,39H,5,14-16,20-21H2,1-4H3/t30?,31-/m1/s1. The normalized spacial score (nSPS) is 18.2. The molecule has 1 aromatic heterocycles. The van der Waals surface area contributed by atoms with Crippen LogP contribution in [0, 0.1) is 6.92 Å². The molecule has 1 aliphatic heterocycles. The van der Waals surface area contributed by atoms with Gasteiger partial charge < -0.3 is 20.0 Å². The molecule has 0 aliphatic carbocycles. The van der Waals surface area contributed by atoms with Crippen LogP contribution in [0.3, 0.4) is 0 Å². The second kappa shape index (κ2) is 12.6. The van der Waals surface area contributed by atoms with Crippen LogP contribution in [0.2, 0.25) is 5.02 Å². The minimum atomic E-state index is -1.27. The first-order valence-corrected chi connectivity index (χ1v) is 13.8. The lowest BCUT2D eigenvalue weighted by atomic mass is 9.88. The molecule has 0 spiro atoms. The molecule has 2 N–H and O–H groups in total. The molecule has 212 valence electrons. The van der Waals surface area contributed by atoms with Gasteiger partial charge in [-0.3, -0.25) is 19.6 Å². The molecule has 0 radical (unpaired) electrons. The topological polar surface area (TPSA) is 95.0 Å². The third-order valence-corrected chi connectivity index (χ3v) is 7.71. The van der Waals surface area contributed by atoms with E-state index in [-0.39, 0.29) is 12.5 Å². The van der Waals surface area contributed by atoms with Gasteiger partial charge in [-0.05, 0) is 56.3 Å². The van der Waals surface area contributed by atoms with Gasteiger partial charge in [-0.2, -0.15) is 0 Å². The van der Waals surface area contributed by atoms with Gasteiger partial charge in [0.05, 0.1) is 17.8 Å². The molecule has 0 bridgehead atoms. The van der Waals surface area contributed by atoms with E-state index in [1.807, 2.05) is 55.3 Å². The average molecular weight is 565 g/mol. The summed E-state index contributed by atoms with van der Waals surface area (Å²) in [6, 6.07) is 16.6. The zero-order chi connectivity index (χ0) is 28.9. The van der Waals surface area contributed by atoms with Crippen LogP contribution in [-0.4, -0.2) is 72.4 Å². The second-order valence-corrected chi connectivity index (χ2v) is 10.9. The quantitative estimate of drug-likeness (QED) is 0.304. The number of ether oxygens (including phenoxy) is 1. The van der Waals surface area contributed by atoms with E-state index in [4.69, 9.17) is 16.3 Å². The lowest BCUT2D eigenvalue weighted by Gasteiger charge is -2.38. The monoisotopic (exact) mass is 564 g/mol. The van der Waals surface area contributed by atoms with Gasteiger partial charge in [-0.1, -0.05) is 41.9 Å². The Labute approximate surface area is 240 Å². The number of carbonyl (C=O) groups is 2. The van der Waals surface area contributed by atoms with Crippen LogP contribution in [-0.2, 0) is 27.4 Å². The highest BCUT2D eigenvalue weighted by atomic mass is 35.5. The fraction of sp³-hybridized carbons (Fsp3) is 0.387. The number of nitrogens with zero attached hydrogens (tertiary/aromatic N) is 3. The van der Waals surface area contributed by atoms with E-state index in [0.29, 0.717) is 47.8 Å². The summed E-state index contributed by atoms with van der Waals surface area (Å²) in [6.45, 7) is 6.15. The molecule has 1 amide bonds. The molecule has 1 aliphatic rings. The summed E-state index contributed by atoms with van der Waals surface area (Å²) in [7, 11) is 3.45. The van der Waals surface area contributed by atoms with Gasteiger partial charge in [-0.15, -0.1) is 0 Å². The summed E-state index contributed by atoms with van der Waals surface area (Å²) in [5, 5.41) is 15.3. The Morgan fingerprint density at radius 2 is 1.93 bits per heavy atom. The summed E-state index contributed by atoms with van der Waals surface area (Å²) in [4.78, 5) is 33.4. The zero-order valence-electron chi connectivity index (χ0n) is 23.5. The molecule has 40 heavy (non-hydrogen) atoms. The molecule has 1 unspecified atom stereocenters. The first kappa shape index (κ1) is 29.8. The maximum Gasteiger partial charge on any atom is 0.257 e. The summed E-state index contributed by atoms with van der Waals surface area (Å²) in [5.41, 5.74) is 1.77. The molecule has 9 heteroatoms. The Balaban J connectivity index is 1.77. The third kappa shape index (κ3) is 5.96. The Kier molecular flexibility index (Phi) is 9.38. The minimum Gasteiger partial charge on any atom is -0.384 e. The molecule has 2 heterocycles. The van der Waals surface area contributed by atoms with Crippen molar-refractivity contribution in [2.45, 2.75) is 38.1 Å². The van der Waals surface area contributed by atoms with Crippen molar-refractivity contribution >= 4 is 23.8 Å². The van der Waals surface area contributed by atoms with E-state index in [1.165, 1.54) is 0 Å². The van der Waals surface area contributed by atoms with Crippen molar-refractivity contribution in [2.24, 2.45) is 0 Å². The number of pyridine rings is 1. The van der Waals surface area contributed by atoms with Gasteiger partial charge in [0.25, 0.3) is 5.91 Å². The lowest BCUT2D eigenvalue weighted by Crippen LogP contribution is -2.45. The molecule has 8 nitrogen and oxygen atoms in total. The fourth-order valence-corrected chi connectivity index (χ4v) is 5.48. The van der Waals surface area contributed by atoms with Gasteiger partial charge in [0.15, 0.2) is 5.72 Å². The summed E-state index contributed by atoms with van der Waals surface area (Å²) < 4.78 is 6.23. The highest BCUT2D eigenvalue weighted by Crippen LogP contribution is 2.46. The van der Waals surface area contributed by atoms with Crippen molar-refractivity contribution in [3.05, 3.63) is 99.3 Å². The number of rotatable bonds is 13. The largest absolute Gasteiger partial charge is 0.384 e. The van der Waals surface area contributed by atoms with Crippen molar-refractivity contribution in [3.63, 3.8) is 0 Å². The highest BCUT2D eigenvalue weighted by Gasteiger charge is 2.52. The summed E-state index contributed by atoms with van der Waals surface area (Å²) in [6.07, 6.45) is 3.04. The van der Waals surface area contributed by atoms with Gasteiger partial charge in [0.2, 0.25) is 0 Å². The molecule has 3 aromatic rings. The van der Waals surface area contributed by atoms with Crippen LogP contribution in [0.5, 0.6) is 0 Å². The molecular weight excluding hydrogens is 528 g/mol. The number of aliphatic hydroxyl groups is 1. The summed E-state index contributed by atoms with van der Waals surface area (Å²) in [5.74, 6) is -0.222. The fourth-order valence-electron chi connectivity index (χ4n) is 5.35.